The van der Waals surface area contributed by atoms with E-state index in [1.54, 1.807) is 4.90 Å². The Morgan fingerprint density at radius 3 is 2.57 bits per heavy atom. The van der Waals surface area contributed by atoms with Gasteiger partial charge in [0.1, 0.15) is 6.04 Å². The molecule has 1 amide bonds. The Morgan fingerprint density at radius 2 is 1.95 bits per heavy atom. The molecular weight excluding hydrogens is 266 g/mol. The summed E-state index contributed by atoms with van der Waals surface area (Å²) in [5.41, 5.74) is 0. The topological polar surface area (TPSA) is 57.6 Å². The van der Waals surface area contributed by atoms with Gasteiger partial charge in [0, 0.05) is 12.0 Å². The molecule has 2 aliphatic rings. The van der Waals surface area contributed by atoms with E-state index in [1.807, 2.05) is 6.92 Å². The quantitative estimate of drug-likeness (QED) is 0.816. The summed E-state index contributed by atoms with van der Waals surface area (Å²) >= 11 is 0. The molecule has 0 radical (unpaired) electrons. The van der Waals surface area contributed by atoms with Crippen LogP contribution in [0.15, 0.2) is 0 Å². The fourth-order valence-corrected chi connectivity index (χ4v) is 4.16. The first-order valence-corrected chi connectivity index (χ1v) is 8.65. The Bertz CT molecular complexity index is 382. The first-order chi connectivity index (χ1) is 10.1. The maximum absolute atomic E-state index is 12.9. The highest BCUT2D eigenvalue weighted by atomic mass is 16.4. The number of likely N-dealkylation sites (tertiary alicyclic amines) is 1. The molecule has 2 rings (SSSR count). The minimum Gasteiger partial charge on any atom is -0.480 e. The van der Waals surface area contributed by atoms with Crippen LogP contribution in [0.1, 0.15) is 71.6 Å². The predicted octanol–water partition coefficient (Wildman–Crippen LogP) is 3.45. The molecule has 4 heteroatoms. The minimum absolute atomic E-state index is 0.00692. The van der Waals surface area contributed by atoms with Crippen molar-refractivity contribution in [2.24, 2.45) is 11.8 Å². The normalized spacial score (nSPS) is 30.0. The van der Waals surface area contributed by atoms with E-state index in [4.69, 9.17) is 0 Å². The number of hydrogen-bond donors (Lipinski definition) is 1. The van der Waals surface area contributed by atoms with Crippen LogP contribution in [0.2, 0.25) is 0 Å². The number of amides is 1. The molecule has 1 heterocycles. The van der Waals surface area contributed by atoms with Crippen LogP contribution in [-0.2, 0) is 9.59 Å². The van der Waals surface area contributed by atoms with Crippen molar-refractivity contribution in [1.29, 1.82) is 0 Å². The van der Waals surface area contributed by atoms with Crippen molar-refractivity contribution in [1.82, 2.24) is 4.90 Å². The van der Waals surface area contributed by atoms with Crippen molar-refractivity contribution in [3.05, 3.63) is 0 Å². The summed E-state index contributed by atoms with van der Waals surface area (Å²) in [6.07, 6.45) is 8.89. The van der Waals surface area contributed by atoms with Crippen LogP contribution in [0, 0.1) is 11.8 Å². The van der Waals surface area contributed by atoms with Gasteiger partial charge >= 0.3 is 5.97 Å². The van der Waals surface area contributed by atoms with Crippen LogP contribution >= 0.6 is 0 Å². The van der Waals surface area contributed by atoms with Gasteiger partial charge < -0.3 is 10.0 Å². The molecule has 120 valence electrons. The number of carbonyl (C=O) groups is 2. The Morgan fingerprint density at radius 1 is 1.24 bits per heavy atom. The van der Waals surface area contributed by atoms with E-state index < -0.39 is 12.0 Å². The Labute approximate surface area is 127 Å². The molecular formula is C17H29NO3. The van der Waals surface area contributed by atoms with Gasteiger partial charge in [0.05, 0.1) is 0 Å². The maximum atomic E-state index is 12.9. The summed E-state index contributed by atoms with van der Waals surface area (Å²) in [7, 11) is 0. The second-order valence-electron chi connectivity index (χ2n) is 6.69. The standard InChI is InChI=1S/C17H29NO3/c1-3-5-8-12(4-2)16(19)18-14-10-7-6-9-13(14)11-15(18)17(20)21/h12-15H,3-11H2,1-2H3,(H,20,21). The minimum atomic E-state index is -0.817. The zero-order valence-corrected chi connectivity index (χ0v) is 13.4. The molecule has 0 spiro atoms. The number of rotatable bonds is 6. The summed E-state index contributed by atoms with van der Waals surface area (Å²) < 4.78 is 0. The zero-order chi connectivity index (χ0) is 15.4. The molecule has 1 saturated carbocycles. The van der Waals surface area contributed by atoms with Gasteiger partial charge in [-0.2, -0.15) is 0 Å². The van der Waals surface area contributed by atoms with Gasteiger partial charge in [-0.3, -0.25) is 4.79 Å². The maximum Gasteiger partial charge on any atom is 0.326 e. The van der Waals surface area contributed by atoms with Gasteiger partial charge in [0.2, 0.25) is 5.91 Å². The molecule has 0 aromatic rings. The molecule has 2 fully saturated rings. The summed E-state index contributed by atoms with van der Waals surface area (Å²) in [6, 6.07) is -0.399. The number of carbonyl (C=O) groups excluding carboxylic acids is 1. The predicted molar refractivity (Wildman–Crippen MR) is 81.9 cm³/mol. The second kappa shape index (κ2) is 7.28. The van der Waals surface area contributed by atoms with Crippen molar-refractivity contribution in [2.75, 3.05) is 0 Å². The zero-order valence-electron chi connectivity index (χ0n) is 13.4. The number of nitrogens with zero attached hydrogens (tertiary/aromatic N) is 1. The van der Waals surface area contributed by atoms with Gasteiger partial charge in [-0.1, -0.05) is 39.5 Å². The molecule has 0 aromatic carbocycles. The van der Waals surface area contributed by atoms with E-state index in [-0.39, 0.29) is 17.9 Å². The van der Waals surface area contributed by atoms with Crippen LogP contribution in [0.25, 0.3) is 0 Å². The molecule has 4 atom stereocenters. The van der Waals surface area contributed by atoms with E-state index in [0.29, 0.717) is 12.3 Å². The van der Waals surface area contributed by atoms with Gasteiger partial charge in [0.15, 0.2) is 0 Å². The highest BCUT2D eigenvalue weighted by Gasteiger charge is 2.48. The molecule has 1 aliphatic carbocycles. The summed E-state index contributed by atoms with van der Waals surface area (Å²) in [4.78, 5) is 26.3. The van der Waals surface area contributed by atoms with E-state index in [2.05, 4.69) is 6.92 Å². The van der Waals surface area contributed by atoms with Crippen LogP contribution in [0.4, 0.5) is 0 Å². The van der Waals surface area contributed by atoms with Gasteiger partial charge in [-0.05, 0) is 38.0 Å². The lowest BCUT2D eigenvalue weighted by Crippen LogP contribution is -2.48. The first kappa shape index (κ1) is 16.3. The summed E-state index contributed by atoms with van der Waals surface area (Å²) in [6.45, 7) is 4.17. The third-order valence-corrected chi connectivity index (χ3v) is 5.38. The number of aliphatic carboxylic acids is 1. The third-order valence-electron chi connectivity index (χ3n) is 5.38. The molecule has 1 aliphatic heterocycles. The smallest absolute Gasteiger partial charge is 0.326 e. The molecule has 1 N–H and O–H groups in total. The second-order valence-corrected chi connectivity index (χ2v) is 6.69. The molecule has 4 nitrogen and oxygen atoms in total. The van der Waals surface area contributed by atoms with Gasteiger partial charge in [0.25, 0.3) is 0 Å². The molecule has 1 saturated heterocycles. The average molecular weight is 295 g/mol. The van der Waals surface area contributed by atoms with Crippen molar-refractivity contribution in [3.63, 3.8) is 0 Å². The van der Waals surface area contributed by atoms with Crippen molar-refractivity contribution in [2.45, 2.75) is 83.7 Å². The van der Waals surface area contributed by atoms with E-state index in [0.717, 1.165) is 44.9 Å². The lowest BCUT2D eigenvalue weighted by atomic mass is 9.84. The van der Waals surface area contributed by atoms with Crippen LogP contribution in [0.5, 0.6) is 0 Å². The molecule has 21 heavy (non-hydrogen) atoms. The summed E-state index contributed by atoms with van der Waals surface area (Å²) in [5.74, 6) is -0.296. The van der Waals surface area contributed by atoms with E-state index in [1.165, 1.54) is 6.42 Å². The number of hydrogen-bond acceptors (Lipinski definition) is 2. The van der Waals surface area contributed by atoms with E-state index >= 15 is 0 Å². The van der Waals surface area contributed by atoms with Crippen LogP contribution in [0.3, 0.4) is 0 Å². The summed E-state index contributed by atoms with van der Waals surface area (Å²) in [5, 5.41) is 9.52. The highest BCUT2D eigenvalue weighted by molar-refractivity contribution is 5.86. The lowest BCUT2D eigenvalue weighted by molar-refractivity contribution is -0.152. The van der Waals surface area contributed by atoms with Crippen molar-refractivity contribution in [3.8, 4) is 0 Å². The van der Waals surface area contributed by atoms with Crippen LogP contribution in [-0.4, -0.2) is 34.0 Å². The first-order valence-electron chi connectivity index (χ1n) is 8.65. The Hall–Kier alpha value is -1.06. The molecule has 0 bridgehead atoms. The average Bonchev–Trinajstić information content (AvgIpc) is 2.87. The fraction of sp³-hybridized carbons (Fsp3) is 0.882. The number of carboxylic acid groups (broad SMARTS) is 1. The number of carboxylic acids is 1. The van der Waals surface area contributed by atoms with Crippen molar-refractivity contribution < 1.29 is 14.7 Å². The number of fused-ring (bicyclic) bond motifs is 1. The van der Waals surface area contributed by atoms with Gasteiger partial charge in [-0.15, -0.1) is 0 Å². The lowest BCUT2D eigenvalue weighted by Gasteiger charge is -2.35. The molecule has 4 unspecified atom stereocenters. The van der Waals surface area contributed by atoms with Gasteiger partial charge in [-0.25, -0.2) is 4.79 Å². The van der Waals surface area contributed by atoms with E-state index in [9.17, 15) is 14.7 Å². The monoisotopic (exact) mass is 295 g/mol. The number of unbranched alkanes of at least 4 members (excludes halogenated alkanes) is 1. The third kappa shape index (κ3) is 3.41. The van der Waals surface area contributed by atoms with Crippen molar-refractivity contribution >= 4 is 11.9 Å². The highest BCUT2D eigenvalue weighted by Crippen LogP contribution is 2.41. The van der Waals surface area contributed by atoms with Crippen LogP contribution < -0.4 is 0 Å². The Kier molecular flexibility index (Phi) is 5.65. The Balaban J connectivity index is 2.15. The largest absolute Gasteiger partial charge is 0.480 e. The SMILES string of the molecule is CCCCC(CC)C(=O)N1C(C(=O)O)CC2CCCCC21. The fourth-order valence-electron chi connectivity index (χ4n) is 4.16. The molecule has 0 aromatic heterocycles.